The fraction of sp³-hybridized carbons (Fsp3) is 0.452. The van der Waals surface area contributed by atoms with Crippen LogP contribution in [0, 0.1) is 0 Å². The minimum absolute atomic E-state index is 0.00675. The topological polar surface area (TPSA) is 169 Å². The van der Waals surface area contributed by atoms with Crippen LogP contribution in [0.1, 0.15) is 93.0 Å². The van der Waals surface area contributed by atoms with Gasteiger partial charge in [-0.05, 0) is 105 Å². The maximum Gasteiger partial charge on any atom is 0.310 e. The van der Waals surface area contributed by atoms with Gasteiger partial charge in [-0.3, -0.25) is 24.0 Å². The van der Waals surface area contributed by atoms with E-state index in [1.165, 1.54) is 0 Å². The zero-order chi connectivity index (χ0) is 38.4. The molecule has 3 N–H and O–H groups in total. The van der Waals surface area contributed by atoms with Crippen molar-refractivity contribution in [1.29, 1.82) is 0 Å². The lowest BCUT2D eigenvalue weighted by Gasteiger charge is -2.11. The van der Waals surface area contributed by atoms with Crippen molar-refractivity contribution in [2.24, 2.45) is 0 Å². The number of carbonyl (C=O) groups excluding carboxylic acids is 4. The molecular formula is C42H53NO10. The van der Waals surface area contributed by atoms with E-state index in [-0.39, 0.29) is 61.8 Å². The minimum atomic E-state index is -0.853. The van der Waals surface area contributed by atoms with Crippen LogP contribution >= 0.6 is 0 Å². The van der Waals surface area contributed by atoms with Crippen LogP contribution in [-0.2, 0) is 75.0 Å². The normalized spacial score (nSPS) is 13.8. The standard InChI is InChI=1S/C17H22O4.C15H18O4.C10H13NO2/c1-2-20-16(18)11-13-7-9-14(10-8-13)12-17(19)21-15-5-3-4-6-15;16-14(17)9-11-5-7-12(8-6-11)10-15(18)19-13-3-1-2-4-13;1-2-13-10(12)7-8-3-5-9(11)6-4-8/h7-10,15H,2-6,11-12H2,1H3;5-8,13H,1-4,9-10H2,(H,16,17);3-6H,2,7,11H2,1H3. The number of hydrogen-bond donors (Lipinski definition) is 2. The molecule has 0 saturated heterocycles. The number of nitrogen functional groups attached to an aromatic ring is 1. The summed E-state index contributed by atoms with van der Waals surface area (Å²) in [7, 11) is 0. The Bertz CT molecular complexity index is 1570. The van der Waals surface area contributed by atoms with Gasteiger partial charge in [-0.2, -0.15) is 0 Å². The third-order valence-electron chi connectivity index (χ3n) is 8.59. The zero-order valence-corrected chi connectivity index (χ0v) is 30.9. The molecular weight excluding hydrogens is 678 g/mol. The van der Waals surface area contributed by atoms with E-state index in [0.29, 0.717) is 25.3 Å². The second-order valence-electron chi connectivity index (χ2n) is 13.1. The number of ether oxygens (including phenoxy) is 4. The smallest absolute Gasteiger partial charge is 0.310 e. The van der Waals surface area contributed by atoms with E-state index < -0.39 is 5.97 Å². The first-order valence-electron chi connectivity index (χ1n) is 18.4. The molecule has 286 valence electrons. The first-order chi connectivity index (χ1) is 25.5. The van der Waals surface area contributed by atoms with E-state index in [4.69, 9.17) is 29.8 Å². The summed E-state index contributed by atoms with van der Waals surface area (Å²) in [6, 6.07) is 21.7. The highest BCUT2D eigenvalue weighted by atomic mass is 16.6. The van der Waals surface area contributed by atoms with Gasteiger partial charge < -0.3 is 29.8 Å². The number of aliphatic carboxylic acids is 1. The molecule has 0 atom stereocenters. The van der Waals surface area contributed by atoms with E-state index >= 15 is 0 Å². The van der Waals surface area contributed by atoms with Gasteiger partial charge in [-0.25, -0.2) is 0 Å². The second kappa shape index (κ2) is 23.4. The lowest BCUT2D eigenvalue weighted by Crippen LogP contribution is -2.16. The third-order valence-corrected chi connectivity index (χ3v) is 8.59. The average molecular weight is 732 g/mol. The average Bonchev–Trinajstić information content (AvgIpc) is 3.83. The van der Waals surface area contributed by atoms with Crippen LogP contribution in [-0.4, -0.2) is 60.4 Å². The summed E-state index contributed by atoms with van der Waals surface area (Å²) in [6.45, 7) is 4.40. The van der Waals surface area contributed by atoms with Crippen molar-refractivity contribution in [2.75, 3.05) is 18.9 Å². The molecule has 0 unspecified atom stereocenters. The van der Waals surface area contributed by atoms with Crippen LogP contribution < -0.4 is 5.73 Å². The monoisotopic (exact) mass is 731 g/mol. The Morgan fingerprint density at radius 1 is 0.509 bits per heavy atom. The first-order valence-corrected chi connectivity index (χ1v) is 18.4. The zero-order valence-electron chi connectivity index (χ0n) is 30.9. The number of esters is 4. The molecule has 53 heavy (non-hydrogen) atoms. The highest BCUT2D eigenvalue weighted by Gasteiger charge is 2.20. The SMILES string of the molecule is CCOC(=O)Cc1ccc(CC(=O)OC2CCCC2)cc1.CCOC(=O)Cc1ccc(N)cc1.O=C(O)Cc1ccc(CC(=O)OC2CCCC2)cc1. The minimum Gasteiger partial charge on any atom is -0.481 e. The molecule has 2 fully saturated rings. The van der Waals surface area contributed by atoms with E-state index in [9.17, 15) is 24.0 Å². The summed E-state index contributed by atoms with van der Waals surface area (Å²) in [4.78, 5) is 56.5. The number of carbonyl (C=O) groups is 5. The van der Waals surface area contributed by atoms with Crippen LogP contribution in [0.2, 0.25) is 0 Å². The van der Waals surface area contributed by atoms with Crippen LogP contribution in [0.5, 0.6) is 0 Å². The van der Waals surface area contributed by atoms with Crippen LogP contribution in [0.25, 0.3) is 0 Å². The van der Waals surface area contributed by atoms with Crippen molar-refractivity contribution < 1.29 is 48.0 Å². The van der Waals surface area contributed by atoms with Crippen molar-refractivity contribution in [2.45, 2.75) is 110 Å². The van der Waals surface area contributed by atoms with Crippen molar-refractivity contribution >= 4 is 35.5 Å². The van der Waals surface area contributed by atoms with Gasteiger partial charge in [0.15, 0.2) is 0 Å². The molecule has 0 spiro atoms. The molecule has 3 aromatic carbocycles. The fourth-order valence-electron chi connectivity index (χ4n) is 5.92. The maximum absolute atomic E-state index is 11.8. The molecule has 0 heterocycles. The molecule has 0 aromatic heterocycles. The predicted octanol–water partition coefficient (Wildman–Crippen LogP) is 6.54. The molecule has 11 heteroatoms. The van der Waals surface area contributed by atoms with Crippen molar-refractivity contribution in [1.82, 2.24) is 0 Å². The molecule has 0 radical (unpaired) electrons. The second-order valence-corrected chi connectivity index (χ2v) is 13.1. The first kappa shape index (κ1) is 42.2. The van der Waals surface area contributed by atoms with Gasteiger partial charge in [0.05, 0.1) is 45.3 Å². The molecule has 5 rings (SSSR count). The Kier molecular flexibility index (Phi) is 18.6. The summed E-state index contributed by atoms with van der Waals surface area (Å²) in [5, 5.41) is 8.67. The highest BCUT2D eigenvalue weighted by molar-refractivity contribution is 5.75. The Hall–Kier alpha value is -5.19. The molecule has 2 saturated carbocycles. The number of rotatable bonds is 14. The molecule has 11 nitrogen and oxygen atoms in total. The molecule has 0 aliphatic heterocycles. The third kappa shape index (κ3) is 17.7. The van der Waals surface area contributed by atoms with E-state index in [2.05, 4.69) is 0 Å². The van der Waals surface area contributed by atoms with E-state index in [1.807, 2.05) is 36.4 Å². The number of nitrogens with two attached hydrogens (primary N) is 1. The van der Waals surface area contributed by atoms with Gasteiger partial charge in [-0.15, -0.1) is 0 Å². The molecule has 3 aromatic rings. The van der Waals surface area contributed by atoms with E-state index in [0.717, 1.165) is 79.2 Å². The molecule has 2 aliphatic rings. The van der Waals surface area contributed by atoms with Crippen molar-refractivity contribution in [3.05, 3.63) is 101 Å². The van der Waals surface area contributed by atoms with Crippen LogP contribution in [0.3, 0.4) is 0 Å². The van der Waals surface area contributed by atoms with Crippen LogP contribution in [0.15, 0.2) is 72.8 Å². The van der Waals surface area contributed by atoms with Crippen LogP contribution in [0.4, 0.5) is 5.69 Å². The quantitative estimate of drug-likeness (QED) is 0.105. The Morgan fingerprint density at radius 2 is 0.792 bits per heavy atom. The van der Waals surface area contributed by atoms with Gasteiger partial charge in [0.1, 0.15) is 12.2 Å². The van der Waals surface area contributed by atoms with Gasteiger partial charge >= 0.3 is 29.8 Å². The highest BCUT2D eigenvalue weighted by Crippen LogP contribution is 2.22. The van der Waals surface area contributed by atoms with Gasteiger partial charge in [0.2, 0.25) is 0 Å². The molecule has 0 bridgehead atoms. The lowest BCUT2D eigenvalue weighted by molar-refractivity contribution is -0.148. The maximum atomic E-state index is 11.8. The summed E-state index contributed by atoms with van der Waals surface area (Å²) in [5.41, 5.74) is 10.5. The lowest BCUT2D eigenvalue weighted by atomic mass is 10.1. The Morgan fingerprint density at radius 3 is 1.09 bits per heavy atom. The van der Waals surface area contributed by atoms with Crippen molar-refractivity contribution in [3.63, 3.8) is 0 Å². The van der Waals surface area contributed by atoms with E-state index in [1.54, 1.807) is 50.2 Å². The van der Waals surface area contributed by atoms with Gasteiger partial charge in [-0.1, -0.05) is 60.7 Å². The largest absolute Gasteiger partial charge is 0.481 e. The molecule has 2 aliphatic carbocycles. The summed E-state index contributed by atoms with van der Waals surface area (Å²) in [5.74, 6) is -1.65. The summed E-state index contributed by atoms with van der Waals surface area (Å²) in [6.07, 6.45) is 9.85. The van der Waals surface area contributed by atoms with Crippen molar-refractivity contribution in [3.8, 4) is 0 Å². The summed E-state index contributed by atoms with van der Waals surface area (Å²) < 4.78 is 20.5. The Balaban J connectivity index is 0.000000220. The van der Waals surface area contributed by atoms with Gasteiger partial charge in [0, 0.05) is 5.69 Å². The number of carboxylic acid groups (broad SMARTS) is 1. The number of benzene rings is 3. The Labute approximate surface area is 312 Å². The number of anilines is 1. The predicted molar refractivity (Wildman–Crippen MR) is 200 cm³/mol. The number of carboxylic acids is 1. The summed E-state index contributed by atoms with van der Waals surface area (Å²) >= 11 is 0. The number of hydrogen-bond acceptors (Lipinski definition) is 10. The molecule has 0 amide bonds. The van der Waals surface area contributed by atoms with Gasteiger partial charge in [0.25, 0.3) is 0 Å². The fourth-order valence-corrected chi connectivity index (χ4v) is 5.92.